The van der Waals surface area contributed by atoms with Gasteiger partial charge in [-0.3, -0.25) is 4.79 Å². The molecule has 164 valence electrons. The quantitative estimate of drug-likeness (QED) is 0.522. The molecule has 1 aromatic heterocycles. The van der Waals surface area contributed by atoms with Gasteiger partial charge in [0.05, 0.1) is 19.2 Å². The topological polar surface area (TPSA) is 57.2 Å². The Balaban J connectivity index is 2.21. The molecule has 0 aliphatic heterocycles. The zero-order chi connectivity index (χ0) is 22.8. The maximum Gasteiger partial charge on any atom is 0.251 e. The second-order valence-electron chi connectivity index (χ2n) is 9.12. The lowest BCUT2D eigenvalue weighted by atomic mass is 9.86. The van der Waals surface area contributed by atoms with Crippen LogP contribution in [0.25, 0.3) is 11.1 Å². The molecule has 2 N–H and O–H groups in total. The highest BCUT2D eigenvalue weighted by Crippen LogP contribution is 2.36. The summed E-state index contributed by atoms with van der Waals surface area (Å²) >= 11 is 0. The van der Waals surface area contributed by atoms with Crippen LogP contribution in [-0.4, -0.2) is 17.6 Å². The standard InChI is InChI=1S/C27H34N2O2/c1-7-10-22-25(19-13-15-21(16-14-19)27(3,4)5)24(26(28)30)18(2)29(22)17-20-11-8-9-12-23(20)31-6/h8-9,11-16H,7,10,17H2,1-6H3,(H2,28,30). The molecule has 3 aromatic rings. The summed E-state index contributed by atoms with van der Waals surface area (Å²) in [6.45, 7) is 11.4. The Hall–Kier alpha value is -3.01. The second-order valence-corrected chi connectivity index (χ2v) is 9.12. The molecule has 0 aliphatic carbocycles. The number of carbonyl (C=O) groups is 1. The highest BCUT2D eigenvalue weighted by atomic mass is 16.5. The summed E-state index contributed by atoms with van der Waals surface area (Å²) in [5.41, 5.74) is 13.0. The normalized spacial score (nSPS) is 11.5. The maximum absolute atomic E-state index is 12.6. The Morgan fingerprint density at radius 1 is 1.06 bits per heavy atom. The summed E-state index contributed by atoms with van der Waals surface area (Å²) in [7, 11) is 1.69. The lowest BCUT2D eigenvalue weighted by molar-refractivity contribution is 0.1000. The minimum absolute atomic E-state index is 0.0724. The predicted molar refractivity (Wildman–Crippen MR) is 128 cm³/mol. The number of primary amides is 1. The summed E-state index contributed by atoms with van der Waals surface area (Å²) in [4.78, 5) is 12.6. The number of nitrogens with two attached hydrogens (primary N) is 1. The lowest BCUT2D eigenvalue weighted by Gasteiger charge is -2.19. The van der Waals surface area contributed by atoms with Crippen molar-refractivity contribution in [3.05, 3.63) is 76.6 Å². The summed E-state index contributed by atoms with van der Waals surface area (Å²) in [5, 5.41) is 0. The Bertz CT molecular complexity index is 1070. The second kappa shape index (κ2) is 9.01. The smallest absolute Gasteiger partial charge is 0.251 e. The van der Waals surface area contributed by atoms with Crippen LogP contribution in [0, 0.1) is 6.92 Å². The van der Waals surface area contributed by atoms with Crippen molar-refractivity contribution in [1.82, 2.24) is 4.57 Å². The molecule has 0 fully saturated rings. The molecule has 3 rings (SSSR count). The zero-order valence-electron chi connectivity index (χ0n) is 19.6. The van der Waals surface area contributed by atoms with Crippen LogP contribution in [0.5, 0.6) is 5.75 Å². The van der Waals surface area contributed by atoms with Crippen molar-refractivity contribution in [1.29, 1.82) is 0 Å². The molecule has 1 amide bonds. The molecule has 0 unspecified atom stereocenters. The molecule has 0 saturated heterocycles. The Kier molecular flexibility index (Phi) is 6.59. The van der Waals surface area contributed by atoms with E-state index in [1.54, 1.807) is 7.11 Å². The van der Waals surface area contributed by atoms with Crippen molar-refractivity contribution < 1.29 is 9.53 Å². The van der Waals surface area contributed by atoms with E-state index in [4.69, 9.17) is 10.5 Å². The number of hydrogen-bond donors (Lipinski definition) is 1. The molecule has 0 radical (unpaired) electrons. The Labute approximate surface area is 186 Å². The van der Waals surface area contributed by atoms with E-state index in [-0.39, 0.29) is 11.3 Å². The van der Waals surface area contributed by atoms with Gasteiger partial charge in [-0.15, -0.1) is 0 Å². The monoisotopic (exact) mass is 418 g/mol. The molecule has 31 heavy (non-hydrogen) atoms. The van der Waals surface area contributed by atoms with E-state index < -0.39 is 0 Å². The first-order valence-electron chi connectivity index (χ1n) is 10.9. The molecular formula is C27H34N2O2. The molecule has 0 aliphatic rings. The van der Waals surface area contributed by atoms with Crippen molar-refractivity contribution in [3.8, 4) is 16.9 Å². The van der Waals surface area contributed by atoms with Crippen molar-refractivity contribution in [3.63, 3.8) is 0 Å². The van der Waals surface area contributed by atoms with E-state index in [0.717, 1.165) is 46.7 Å². The molecule has 0 saturated carbocycles. The van der Waals surface area contributed by atoms with E-state index in [0.29, 0.717) is 12.1 Å². The summed E-state index contributed by atoms with van der Waals surface area (Å²) in [5.74, 6) is 0.457. The number of benzene rings is 2. The van der Waals surface area contributed by atoms with Crippen LogP contribution in [0.2, 0.25) is 0 Å². The summed E-state index contributed by atoms with van der Waals surface area (Å²) in [6.07, 6.45) is 1.83. The van der Waals surface area contributed by atoms with Gasteiger partial charge in [-0.1, -0.05) is 76.6 Å². The minimum Gasteiger partial charge on any atom is -0.496 e. The van der Waals surface area contributed by atoms with E-state index in [1.165, 1.54) is 5.56 Å². The number of hydrogen-bond acceptors (Lipinski definition) is 2. The van der Waals surface area contributed by atoms with Gasteiger partial charge in [0, 0.05) is 22.5 Å². The average Bonchev–Trinajstić information content (AvgIpc) is 3.00. The predicted octanol–water partition coefficient (Wildman–Crippen LogP) is 5.87. The minimum atomic E-state index is -0.386. The van der Waals surface area contributed by atoms with Crippen molar-refractivity contribution in [2.75, 3.05) is 7.11 Å². The maximum atomic E-state index is 12.6. The first-order chi connectivity index (χ1) is 14.7. The number of ether oxygens (including phenoxy) is 1. The third-order valence-electron chi connectivity index (χ3n) is 5.92. The SMILES string of the molecule is CCCc1c(-c2ccc(C(C)(C)C)cc2)c(C(N)=O)c(C)n1Cc1ccccc1OC. The molecule has 0 spiro atoms. The number of amides is 1. The van der Waals surface area contributed by atoms with Crippen LogP contribution >= 0.6 is 0 Å². The van der Waals surface area contributed by atoms with Gasteiger partial charge in [0.1, 0.15) is 5.75 Å². The van der Waals surface area contributed by atoms with Gasteiger partial charge in [0.25, 0.3) is 5.91 Å². The molecule has 0 bridgehead atoms. The first kappa shape index (κ1) is 22.7. The van der Waals surface area contributed by atoms with Gasteiger partial charge in [0.15, 0.2) is 0 Å². The van der Waals surface area contributed by atoms with Gasteiger partial charge in [0.2, 0.25) is 0 Å². The molecule has 4 nitrogen and oxygen atoms in total. The fourth-order valence-electron chi connectivity index (χ4n) is 4.26. The van der Waals surface area contributed by atoms with Gasteiger partial charge in [-0.2, -0.15) is 0 Å². The molecule has 2 aromatic carbocycles. The molecular weight excluding hydrogens is 384 g/mol. The molecule has 0 atom stereocenters. The third kappa shape index (κ3) is 4.53. The number of methoxy groups -OCH3 is 1. The van der Waals surface area contributed by atoms with Crippen LogP contribution in [0.1, 0.15) is 67.0 Å². The Morgan fingerprint density at radius 3 is 2.26 bits per heavy atom. The van der Waals surface area contributed by atoms with Crippen LogP contribution < -0.4 is 10.5 Å². The van der Waals surface area contributed by atoms with Crippen LogP contribution in [0.15, 0.2) is 48.5 Å². The van der Waals surface area contributed by atoms with Crippen LogP contribution in [0.4, 0.5) is 0 Å². The van der Waals surface area contributed by atoms with Crippen molar-refractivity contribution in [2.24, 2.45) is 5.73 Å². The Morgan fingerprint density at radius 2 is 1.71 bits per heavy atom. The van der Waals surface area contributed by atoms with Crippen LogP contribution in [-0.2, 0) is 18.4 Å². The third-order valence-corrected chi connectivity index (χ3v) is 5.92. The fraction of sp³-hybridized carbons (Fsp3) is 0.370. The van der Waals surface area contributed by atoms with Gasteiger partial charge >= 0.3 is 0 Å². The number of para-hydroxylation sites is 1. The largest absolute Gasteiger partial charge is 0.496 e. The average molecular weight is 419 g/mol. The van der Waals surface area contributed by atoms with E-state index in [2.05, 4.69) is 62.6 Å². The summed E-state index contributed by atoms with van der Waals surface area (Å²) < 4.78 is 7.80. The number of nitrogens with zero attached hydrogens (tertiary/aromatic N) is 1. The lowest BCUT2D eigenvalue weighted by Crippen LogP contribution is -2.14. The number of carbonyl (C=O) groups excluding carboxylic acids is 1. The highest BCUT2D eigenvalue weighted by molar-refractivity contribution is 6.02. The highest BCUT2D eigenvalue weighted by Gasteiger charge is 2.25. The number of aromatic nitrogens is 1. The van der Waals surface area contributed by atoms with E-state index in [9.17, 15) is 4.79 Å². The zero-order valence-corrected chi connectivity index (χ0v) is 19.6. The van der Waals surface area contributed by atoms with E-state index in [1.807, 2.05) is 25.1 Å². The number of rotatable bonds is 7. The van der Waals surface area contributed by atoms with Gasteiger partial charge in [-0.25, -0.2) is 0 Å². The molecule has 4 heteroatoms. The fourth-order valence-corrected chi connectivity index (χ4v) is 4.26. The first-order valence-corrected chi connectivity index (χ1v) is 10.9. The summed E-state index contributed by atoms with van der Waals surface area (Å²) in [6, 6.07) is 16.6. The van der Waals surface area contributed by atoms with Gasteiger partial charge in [-0.05, 0) is 36.0 Å². The molecule has 1 heterocycles. The van der Waals surface area contributed by atoms with Crippen molar-refractivity contribution >= 4 is 5.91 Å². The van der Waals surface area contributed by atoms with Crippen LogP contribution in [0.3, 0.4) is 0 Å². The van der Waals surface area contributed by atoms with Gasteiger partial charge < -0.3 is 15.0 Å². The van der Waals surface area contributed by atoms with E-state index >= 15 is 0 Å². The van der Waals surface area contributed by atoms with Crippen molar-refractivity contribution in [2.45, 2.75) is 59.4 Å².